The highest BCUT2D eigenvalue weighted by molar-refractivity contribution is 9.10. The van der Waals surface area contributed by atoms with Gasteiger partial charge in [0.05, 0.1) is 12.3 Å². The third kappa shape index (κ3) is 5.95. The lowest BCUT2D eigenvalue weighted by atomic mass is 10.0. The predicted octanol–water partition coefficient (Wildman–Crippen LogP) is 4.54. The first-order valence-corrected chi connectivity index (χ1v) is 7.89. The molecule has 1 N–H and O–H groups in total. The fraction of sp³-hybridized carbons (Fsp3) is 0.562. The van der Waals surface area contributed by atoms with E-state index < -0.39 is 0 Å². The van der Waals surface area contributed by atoms with E-state index in [4.69, 9.17) is 4.74 Å². The Morgan fingerprint density at radius 1 is 1.35 bits per heavy atom. The minimum atomic E-state index is 0.0297. The molecule has 1 aromatic rings. The molecule has 0 saturated carbocycles. The van der Waals surface area contributed by atoms with Crippen LogP contribution in [0.2, 0.25) is 0 Å². The molecule has 0 bridgehead atoms. The van der Waals surface area contributed by atoms with Gasteiger partial charge in [-0.05, 0) is 51.3 Å². The van der Waals surface area contributed by atoms with E-state index in [1.54, 1.807) is 0 Å². The van der Waals surface area contributed by atoms with Crippen molar-refractivity contribution >= 4 is 27.5 Å². The number of nitrogens with one attached hydrogen (secondary N) is 1. The van der Waals surface area contributed by atoms with E-state index in [0.29, 0.717) is 13.0 Å². The highest BCUT2D eigenvalue weighted by Gasteiger charge is 2.15. The van der Waals surface area contributed by atoms with E-state index in [1.165, 1.54) is 5.56 Å². The standard InChI is InChI=1S/C16H24BrNO2/c1-5-7-15(19)18-13-9-8-12(11-16(3,4)17)10-14(13)20-6-2/h8-10H,5-7,11H2,1-4H3,(H,18,19). The van der Waals surface area contributed by atoms with Gasteiger partial charge in [0, 0.05) is 10.7 Å². The van der Waals surface area contributed by atoms with E-state index in [-0.39, 0.29) is 10.2 Å². The van der Waals surface area contributed by atoms with Crippen LogP contribution in [0.5, 0.6) is 5.75 Å². The van der Waals surface area contributed by atoms with Gasteiger partial charge >= 0.3 is 0 Å². The summed E-state index contributed by atoms with van der Waals surface area (Å²) in [5.41, 5.74) is 1.94. The minimum absolute atomic E-state index is 0.0297. The Hall–Kier alpha value is -1.03. The molecule has 1 aromatic carbocycles. The van der Waals surface area contributed by atoms with Gasteiger partial charge in [0.25, 0.3) is 0 Å². The Morgan fingerprint density at radius 3 is 2.60 bits per heavy atom. The lowest BCUT2D eigenvalue weighted by molar-refractivity contribution is -0.116. The lowest BCUT2D eigenvalue weighted by Gasteiger charge is -2.18. The molecule has 0 heterocycles. The quantitative estimate of drug-likeness (QED) is 0.739. The normalized spacial score (nSPS) is 11.2. The third-order valence-corrected chi connectivity index (χ3v) is 3.00. The number of amides is 1. The average Bonchev–Trinajstić information content (AvgIpc) is 2.31. The first-order chi connectivity index (χ1) is 9.35. The van der Waals surface area contributed by atoms with Crippen molar-refractivity contribution < 1.29 is 9.53 Å². The number of carbonyl (C=O) groups is 1. The molecule has 4 heteroatoms. The van der Waals surface area contributed by atoms with Crippen molar-refractivity contribution in [3.05, 3.63) is 23.8 Å². The Kier molecular flexibility index (Phi) is 6.53. The summed E-state index contributed by atoms with van der Waals surface area (Å²) in [4.78, 5) is 11.7. The predicted molar refractivity (Wildman–Crippen MR) is 87.9 cm³/mol. The monoisotopic (exact) mass is 341 g/mol. The molecule has 0 aliphatic heterocycles. The van der Waals surface area contributed by atoms with Crippen molar-refractivity contribution in [1.82, 2.24) is 0 Å². The van der Waals surface area contributed by atoms with Gasteiger partial charge in [-0.2, -0.15) is 0 Å². The first kappa shape index (κ1) is 17.0. The van der Waals surface area contributed by atoms with Crippen LogP contribution in [0, 0.1) is 0 Å². The zero-order valence-electron chi connectivity index (χ0n) is 12.8. The molecular weight excluding hydrogens is 318 g/mol. The molecule has 0 aliphatic carbocycles. The number of anilines is 1. The summed E-state index contributed by atoms with van der Waals surface area (Å²) in [6, 6.07) is 5.97. The fourth-order valence-corrected chi connectivity index (χ4v) is 2.30. The van der Waals surface area contributed by atoms with Gasteiger partial charge in [-0.3, -0.25) is 4.79 Å². The fourth-order valence-electron chi connectivity index (χ4n) is 1.98. The summed E-state index contributed by atoms with van der Waals surface area (Å²) in [6.45, 7) is 8.77. The van der Waals surface area contributed by atoms with Gasteiger partial charge in [-0.1, -0.05) is 28.9 Å². The molecule has 0 aliphatic rings. The second-order valence-corrected chi connectivity index (χ2v) is 7.60. The number of benzene rings is 1. The van der Waals surface area contributed by atoms with Crippen molar-refractivity contribution in [3.63, 3.8) is 0 Å². The summed E-state index contributed by atoms with van der Waals surface area (Å²) in [5, 5.41) is 2.91. The minimum Gasteiger partial charge on any atom is -0.492 e. The van der Waals surface area contributed by atoms with Gasteiger partial charge in [-0.25, -0.2) is 0 Å². The van der Waals surface area contributed by atoms with Crippen LogP contribution in [-0.2, 0) is 11.2 Å². The number of hydrogen-bond donors (Lipinski definition) is 1. The average molecular weight is 342 g/mol. The first-order valence-electron chi connectivity index (χ1n) is 7.10. The molecule has 20 heavy (non-hydrogen) atoms. The van der Waals surface area contributed by atoms with Gasteiger partial charge < -0.3 is 10.1 Å². The van der Waals surface area contributed by atoms with E-state index in [2.05, 4.69) is 35.1 Å². The molecule has 3 nitrogen and oxygen atoms in total. The summed E-state index contributed by atoms with van der Waals surface area (Å²) in [7, 11) is 0. The SMILES string of the molecule is CCCC(=O)Nc1ccc(CC(C)(C)Br)cc1OCC. The van der Waals surface area contributed by atoms with Crippen LogP contribution >= 0.6 is 15.9 Å². The summed E-state index contributed by atoms with van der Waals surface area (Å²) >= 11 is 3.65. The zero-order valence-corrected chi connectivity index (χ0v) is 14.3. The Morgan fingerprint density at radius 2 is 2.05 bits per heavy atom. The van der Waals surface area contributed by atoms with Crippen LogP contribution in [0.3, 0.4) is 0 Å². The summed E-state index contributed by atoms with van der Waals surface area (Å²) in [5.74, 6) is 0.772. The van der Waals surface area contributed by atoms with Crippen LogP contribution in [-0.4, -0.2) is 16.8 Å². The molecule has 0 spiro atoms. The second-order valence-electron chi connectivity index (χ2n) is 5.46. The Bertz CT molecular complexity index is 452. The van der Waals surface area contributed by atoms with Crippen molar-refractivity contribution in [3.8, 4) is 5.75 Å². The van der Waals surface area contributed by atoms with Crippen molar-refractivity contribution in [1.29, 1.82) is 0 Å². The molecule has 0 aromatic heterocycles. The highest BCUT2D eigenvalue weighted by Crippen LogP contribution is 2.30. The van der Waals surface area contributed by atoms with Gasteiger partial charge in [0.15, 0.2) is 0 Å². The summed E-state index contributed by atoms with van der Waals surface area (Å²) in [6.07, 6.45) is 2.27. The molecule has 0 atom stereocenters. The maximum atomic E-state index is 11.7. The number of hydrogen-bond acceptors (Lipinski definition) is 2. The Balaban J connectivity index is 2.92. The molecule has 0 saturated heterocycles. The number of carbonyl (C=O) groups excluding carboxylic acids is 1. The van der Waals surface area contributed by atoms with Crippen molar-refractivity contribution in [2.24, 2.45) is 0 Å². The summed E-state index contributed by atoms with van der Waals surface area (Å²) < 4.78 is 5.69. The van der Waals surface area contributed by atoms with Crippen LogP contribution < -0.4 is 10.1 Å². The maximum absolute atomic E-state index is 11.7. The zero-order chi connectivity index (χ0) is 15.2. The Labute approximate surface area is 130 Å². The smallest absolute Gasteiger partial charge is 0.224 e. The number of halogens is 1. The molecule has 0 unspecified atom stereocenters. The van der Waals surface area contributed by atoms with E-state index in [9.17, 15) is 4.79 Å². The third-order valence-electron chi connectivity index (χ3n) is 2.72. The van der Waals surface area contributed by atoms with E-state index >= 15 is 0 Å². The number of ether oxygens (including phenoxy) is 1. The topological polar surface area (TPSA) is 38.3 Å². The van der Waals surface area contributed by atoms with Gasteiger partial charge in [-0.15, -0.1) is 0 Å². The lowest BCUT2D eigenvalue weighted by Crippen LogP contribution is -2.14. The molecule has 0 radical (unpaired) electrons. The molecule has 0 fully saturated rings. The van der Waals surface area contributed by atoms with Crippen LogP contribution in [0.25, 0.3) is 0 Å². The van der Waals surface area contributed by atoms with Crippen LogP contribution in [0.4, 0.5) is 5.69 Å². The highest BCUT2D eigenvalue weighted by atomic mass is 79.9. The second kappa shape index (κ2) is 7.67. The van der Waals surface area contributed by atoms with Crippen LogP contribution in [0.15, 0.2) is 18.2 Å². The molecule has 1 rings (SSSR count). The number of rotatable bonds is 7. The van der Waals surface area contributed by atoms with Crippen LogP contribution in [0.1, 0.15) is 46.1 Å². The number of alkyl halides is 1. The van der Waals surface area contributed by atoms with E-state index in [1.807, 2.05) is 32.0 Å². The molecule has 112 valence electrons. The largest absolute Gasteiger partial charge is 0.492 e. The van der Waals surface area contributed by atoms with Gasteiger partial charge in [0.1, 0.15) is 5.75 Å². The van der Waals surface area contributed by atoms with Crippen molar-refractivity contribution in [2.75, 3.05) is 11.9 Å². The molecule has 1 amide bonds. The van der Waals surface area contributed by atoms with Gasteiger partial charge in [0.2, 0.25) is 5.91 Å². The van der Waals surface area contributed by atoms with Crippen molar-refractivity contribution in [2.45, 2.75) is 51.3 Å². The maximum Gasteiger partial charge on any atom is 0.224 e. The molecular formula is C16H24BrNO2. The van der Waals surface area contributed by atoms with E-state index in [0.717, 1.165) is 24.3 Å².